The Bertz CT molecular complexity index is 839. The maximum atomic E-state index is 13.0. The van der Waals surface area contributed by atoms with Crippen molar-refractivity contribution in [3.63, 3.8) is 0 Å². The summed E-state index contributed by atoms with van der Waals surface area (Å²) in [4.78, 5) is 27.2. The van der Waals surface area contributed by atoms with E-state index in [0.717, 1.165) is 10.0 Å². The first-order chi connectivity index (χ1) is 14.3. The first-order valence-corrected chi connectivity index (χ1v) is 10.7. The van der Waals surface area contributed by atoms with Gasteiger partial charge in [0, 0.05) is 17.6 Å². The number of carbonyl (C=O) groups is 2. The van der Waals surface area contributed by atoms with Gasteiger partial charge in [-0.2, -0.15) is 0 Å². The van der Waals surface area contributed by atoms with Gasteiger partial charge in [0.2, 0.25) is 5.91 Å². The molecule has 7 heteroatoms. The fourth-order valence-corrected chi connectivity index (χ4v) is 3.05. The van der Waals surface area contributed by atoms with Crippen molar-refractivity contribution in [1.82, 2.24) is 10.2 Å². The number of hydrogen-bond acceptors (Lipinski definition) is 4. The monoisotopic (exact) mass is 476 g/mol. The van der Waals surface area contributed by atoms with E-state index in [1.165, 1.54) is 4.90 Å². The number of para-hydroxylation sites is 2. The molecule has 0 bridgehead atoms. The van der Waals surface area contributed by atoms with Crippen LogP contribution in [-0.2, 0) is 16.1 Å². The van der Waals surface area contributed by atoms with Gasteiger partial charge in [-0.25, -0.2) is 0 Å². The number of ether oxygens (including phenoxy) is 2. The SMILES string of the molecule is COc1ccccc1OCC(=O)N(Cc1ccc(Br)cc1)C(C)C(=O)NCC(C)C. The predicted octanol–water partition coefficient (Wildman–Crippen LogP) is 4.03. The quantitative estimate of drug-likeness (QED) is 0.561. The van der Waals surface area contributed by atoms with Crippen LogP contribution >= 0.6 is 15.9 Å². The number of rotatable bonds is 10. The van der Waals surface area contributed by atoms with E-state index in [2.05, 4.69) is 21.2 Å². The molecule has 0 aliphatic rings. The molecule has 2 rings (SSSR count). The number of nitrogens with one attached hydrogen (secondary N) is 1. The second-order valence-electron chi connectivity index (χ2n) is 7.40. The highest BCUT2D eigenvalue weighted by Gasteiger charge is 2.26. The highest BCUT2D eigenvalue weighted by atomic mass is 79.9. The molecule has 1 N–H and O–H groups in total. The molecule has 0 radical (unpaired) electrons. The smallest absolute Gasteiger partial charge is 0.261 e. The topological polar surface area (TPSA) is 67.9 Å². The number of carbonyl (C=O) groups excluding carboxylic acids is 2. The summed E-state index contributed by atoms with van der Waals surface area (Å²) in [6, 6.07) is 14.2. The summed E-state index contributed by atoms with van der Waals surface area (Å²) < 4.78 is 11.9. The van der Waals surface area contributed by atoms with Gasteiger partial charge in [0.15, 0.2) is 18.1 Å². The van der Waals surface area contributed by atoms with E-state index in [1.54, 1.807) is 26.2 Å². The largest absolute Gasteiger partial charge is 0.493 e. The zero-order valence-electron chi connectivity index (χ0n) is 17.9. The summed E-state index contributed by atoms with van der Waals surface area (Å²) >= 11 is 3.41. The van der Waals surface area contributed by atoms with Crippen molar-refractivity contribution in [3.8, 4) is 11.5 Å². The van der Waals surface area contributed by atoms with Crippen LogP contribution in [0.3, 0.4) is 0 Å². The Hall–Kier alpha value is -2.54. The van der Waals surface area contributed by atoms with E-state index in [4.69, 9.17) is 9.47 Å². The van der Waals surface area contributed by atoms with Crippen LogP contribution in [0.15, 0.2) is 53.0 Å². The van der Waals surface area contributed by atoms with E-state index >= 15 is 0 Å². The number of nitrogens with zero attached hydrogens (tertiary/aromatic N) is 1. The summed E-state index contributed by atoms with van der Waals surface area (Å²) in [7, 11) is 1.55. The molecular weight excluding hydrogens is 448 g/mol. The van der Waals surface area contributed by atoms with Crippen molar-refractivity contribution in [2.75, 3.05) is 20.3 Å². The van der Waals surface area contributed by atoms with Gasteiger partial charge in [0.05, 0.1) is 7.11 Å². The van der Waals surface area contributed by atoms with Crippen molar-refractivity contribution >= 4 is 27.7 Å². The molecule has 1 unspecified atom stereocenters. The normalized spacial score (nSPS) is 11.7. The molecule has 162 valence electrons. The summed E-state index contributed by atoms with van der Waals surface area (Å²) in [6.07, 6.45) is 0. The van der Waals surface area contributed by atoms with Crippen LogP contribution in [0.2, 0.25) is 0 Å². The lowest BCUT2D eigenvalue weighted by atomic mass is 10.1. The molecule has 0 spiro atoms. The van der Waals surface area contributed by atoms with Crippen LogP contribution in [0.25, 0.3) is 0 Å². The Balaban J connectivity index is 2.15. The van der Waals surface area contributed by atoms with E-state index in [1.807, 2.05) is 50.2 Å². The van der Waals surface area contributed by atoms with Crippen molar-refractivity contribution in [2.24, 2.45) is 5.92 Å². The lowest BCUT2D eigenvalue weighted by Crippen LogP contribution is -2.49. The number of amides is 2. The molecular formula is C23H29BrN2O4. The van der Waals surface area contributed by atoms with Gasteiger partial charge in [-0.3, -0.25) is 9.59 Å². The minimum absolute atomic E-state index is 0.188. The Morgan fingerprint density at radius 3 is 2.27 bits per heavy atom. The molecule has 0 heterocycles. The van der Waals surface area contributed by atoms with Gasteiger partial charge < -0.3 is 19.7 Å². The minimum atomic E-state index is -0.638. The van der Waals surface area contributed by atoms with Crippen LogP contribution in [-0.4, -0.2) is 43.0 Å². The molecule has 6 nitrogen and oxygen atoms in total. The van der Waals surface area contributed by atoms with E-state index < -0.39 is 6.04 Å². The highest BCUT2D eigenvalue weighted by molar-refractivity contribution is 9.10. The first kappa shape index (κ1) is 23.7. The van der Waals surface area contributed by atoms with Gasteiger partial charge in [0.1, 0.15) is 6.04 Å². The Morgan fingerprint density at radius 1 is 1.03 bits per heavy atom. The van der Waals surface area contributed by atoms with Gasteiger partial charge in [-0.05, 0) is 42.7 Å². The average Bonchev–Trinajstić information content (AvgIpc) is 2.75. The molecule has 0 aliphatic carbocycles. The van der Waals surface area contributed by atoms with Gasteiger partial charge in [-0.1, -0.05) is 54.0 Å². The molecule has 2 aromatic carbocycles. The van der Waals surface area contributed by atoms with Gasteiger partial charge >= 0.3 is 0 Å². The van der Waals surface area contributed by atoms with E-state index in [9.17, 15) is 9.59 Å². The third-order valence-electron chi connectivity index (χ3n) is 4.54. The minimum Gasteiger partial charge on any atom is -0.493 e. The van der Waals surface area contributed by atoms with Crippen LogP contribution in [0.4, 0.5) is 0 Å². The lowest BCUT2D eigenvalue weighted by molar-refractivity contribution is -0.142. The Labute approximate surface area is 186 Å². The first-order valence-electron chi connectivity index (χ1n) is 9.89. The van der Waals surface area contributed by atoms with Crippen molar-refractivity contribution in [3.05, 3.63) is 58.6 Å². The summed E-state index contributed by atoms with van der Waals surface area (Å²) in [5.74, 6) is 0.884. The van der Waals surface area contributed by atoms with E-state index in [-0.39, 0.29) is 18.4 Å². The molecule has 30 heavy (non-hydrogen) atoms. The summed E-state index contributed by atoms with van der Waals surface area (Å²) in [5, 5.41) is 2.90. The second-order valence-corrected chi connectivity index (χ2v) is 8.32. The third kappa shape index (κ3) is 7.06. The molecule has 0 saturated heterocycles. The number of methoxy groups -OCH3 is 1. The fourth-order valence-electron chi connectivity index (χ4n) is 2.78. The van der Waals surface area contributed by atoms with Crippen LogP contribution in [0, 0.1) is 5.92 Å². The highest BCUT2D eigenvalue weighted by Crippen LogP contribution is 2.26. The molecule has 2 aromatic rings. The summed E-state index contributed by atoms with van der Waals surface area (Å²) in [6.45, 7) is 6.45. The fraction of sp³-hybridized carbons (Fsp3) is 0.391. The molecule has 0 saturated carbocycles. The number of benzene rings is 2. The van der Waals surface area contributed by atoms with Crippen molar-refractivity contribution in [2.45, 2.75) is 33.4 Å². The molecule has 2 amide bonds. The molecule has 0 aromatic heterocycles. The Morgan fingerprint density at radius 2 is 1.67 bits per heavy atom. The number of hydrogen-bond donors (Lipinski definition) is 1. The third-order valence-corrected chi connectivity index (χ3v) is 5.07. The zero-order chi connectivity index (χ0) is 22.1. The average molecular weight is 477 g/mol. The number of halogens is 1. The molecule has 0 fully saturated rings. The maximum absolute atomic E-state index is 13.0. The second kappa shape index (κ2) is 11.6. The lowest BCUT2D eigenvalue weighted by Gasteiger charge is -2.29. The molecule has 1 atom stereocenters. The maximum Gasteiger partial charge on any atom is 0.261 e. The standard InChI is InChI=1S/C23H29BrN2O4/c1-16(2)13-25-23(28)17(3)26(14-18-9-11-19(24)12-10-18)22(27)15-30-21-8-6-5-7-20(21)29-4/h5-12,16-17H,13-15H2,1-4H3,(H,25,28). The van der Waals surface area contributed by atoms with Crippen molar-refractivity contribution in [1.29, 1.82) is 0 Å². The Kier molecular flexibility index (Phi) is 9.17. The van der Waals surface area contributed by atoms with Crippen LogP contribution in [0.5, 0.6) is 11.5 Å². The zero-order valence-corrected chi connectivity index (χ0v) is 19.4. The molecule has 0 aliphatic heterocycles. The van der Waals surface area contributed by atoms with Gasteiger partial charge in [0.25, 0.3) is 5.91 Å². The van der Waals surface area contributed by atoms with Gasteiger partial charge in [-0.15, -0.1) is 0 Å². The summed E-state index contributed by atoms with van der Waals surface area (Å²) in [5.41, 5.74) is 0.923. The predicted molar refractivity (Wildman–Crippen MR) is 120 cm³/mol. The van der Waals surface area contributed by atoms with E-state index in [0.29, 0.717) is 30.5 Å². The van der Waals surface area contributed by atoms with Crippen LogP contribution in [0.1, 0.15) is 26.3 Å². The van der Waals surface area contributed by atoms with Crippen molar-refractivity contribution < 1.29 is 19.1 Å². The van der Waals surface area contributed by atoms with Crippen LogP contribution < -0.4 is 14.8 Å².